The van der Waals surface area contributed by atoms with E-state index in [0.717, 1.165) is 17.0 Å². The molecular formula is C7H9F3N2O2. The molecule has 0 radical (unpaired) electrons. The van der Waals surface area contributed by atoms with E-state index in [1.54, 1.807) is 0 Å². The number of aliphatic hydroxyl groups excluding tert-OH is 2. The van der Waals surface area contributed by atoms with Crippen molar-refractivity contribution in [3.05, 3.63) is 18.2 Å². The molecule has 7 heteroatoms. The molecule has 0 aliphatic carbocycles. The number of aromatic nitrogens is 2. The SMILES string of the molecule is OCC(O)Cn1ccnc1C(F)(F)F. The lowest BCUT2D eigenvalue weighted by atomic mass is 10.3. The Labute approximate surface area is 77.6 Å². The summed E-state index contributed by atoms with van der Waals surface area (Å²) < 4.78 is 37.4. The normalized spacial score (nSPS) is 14.4. The number of imidazole rings is 1. The molecule has 0 saturated carbocycles. The van der Waals surface area contributed by atoms with Crippen LogP contribution in [-0.4, -0.2) is 32.5 Å². The van der Waals surface area contributed by atoms with Crippen LogP contribution < -0.4 is 0 Å². The number of hydrogen-bond acceptors (Lipinski definition) is 3. The molecule has 0 aliphatic rings. The minimum absolute atomic E-state index is 0.328. The lowest BCUT2D eigenvalue weighted by molar-refractivity contribution is -0.147. The van der Waals surface area contributed by atoms with Gasteiger partial charge in [0.05, 0.1) is 19.3 Å². The molecule has 1 unspecified atom stereocenters. The molecule has 14 heavy (non-hydrogen) atoms. The lowest BCUT2D eigenvalue weighted by Gasteiger charge is -2.12. The number of rotatable bonds is 3. The van der Waals surface area contributed by atoms with Gasteiger partial charge in [-0.2, -0.15) is 13.2 Å². The van der Waals surface area contributed by atoms with Gasteiger partial charge in [0, 0.05) is 12.4 Å². The fraction of sp³-hybridized carbons (Fsp3) is 0.571. The fourth-order valence-electron chi connectivity index (χ4n) is 0.997. The smallest absolute Gasteiger partial charge is 0.394 e. The maximum atomic E-state index is 12.2. The second-order valence-electron chi connectivity index (χ2n) is 2.74. The Morgan fingerprint density at radius 2 is 2.14 bits per heavy atom. The summed E-state index contributed by atoms with van der Waals surface area (Å²) in [6.45, 7) is -0.916. The Morgan fingerprint density at radius 1 is 1.50 bits per heavy atom. The van der Waals surface area contributed by atoms with Crippen LogP contribution in [0.15, 0.2) is 12.4 Å². The van der Waals surface area contributed by atoms with Crippen molar-refractivity contribution >= 4 is 0 Å². The molecule has 0 bridgehead atoms. The first-order valence-corrected chi connectivity index (χ1v) is 3.82. The van der Waals surface area contributed by atoms with E-state index < -0.39 is 24.7 Å². The monoisotopic (exact) mass is 210 g/mol. The van der Waals surface area contributed by atoms with Gasteiger partial charge in [-0.25, -0.2) is 4.98 Å². The fourth-order valence-corrected chi connectivity index (χ4v) is 0.997. The Hall–Kier alpha value is -1.08. The van der Waals surface area contributed by atoms with Crippen molar-refractivity contribution in [1.82, 2.24) is 9.55 Å². The van der Waals surface area contributed by atoms with Gasteiger partial charge in [0.15, 0.2) is 0 Å². The first-order valence-electron chi connectivity index (χ1n) is 3.82. The maximum absolute atomic E-state index is 12.2. The van der Waals surface area contributed by atoms with Crippen molar-refractivity contribution in [3.8, 4) is 0 Å². The summed E-state index contributed by atoms with van der Waals surface area (Å²) in [5, 5.41) is 17.4. The molecule has 0 fully saturated rings. The average Bonchev–Trinajstić information content (AvgIpc) is 2.51. The highest BCUT2D eigenvalue weighted by molar-refractivity contribution is 4.97. The minimum atomic E-state index is -4.54. The standard InChI is InChI=1S/C7H9F3N2O2/c8-7(9,10)6-11-1-2-12(6)3-5(14)4-13/h1-2,5,13-14H,3-4H2. The molecule has 2 N–H and O–H groups in total. The van der Waals surface area contributed by atoms with E-state index in [4.69, 9.17) is 10.2 Å². The molecule has 1 heterocycles. The Balaban J connectivity index is 2.83. The quantitative estimate of drug-likeness (QED) is 0.752. The topological polar surface area (TPSA) is 58.3 Å². The van der Waals surface area contributed by atoms with Gasteiger partial charge in [0.2, 0.25) is 5.82 Å². The summed E-state index contributed by atoms with van der Waals surface area (Å²) in [7, 11) is 0. The second-order valence-corrected chi connectivity index (χ2v) is 2.74. The zero-order valence-electron chi connectivity index (χ0n) is 7.07. The minimum Gasteiger partial charge on any atom is -0.394 e. The van der Waals surface area contributed by atoms with Gasteiger partial charge < -0.3 is 14.8 Å². The highest BCUT2D eigenvalue weighted by Crippen LogP contribution is 2.27. The van der Waals surface area contributed by atoms with Crippen LogP contribution in [0.4, 0.5) is 13.2 Å². The molecule has 1 aromatic rings. The zero-order chi connectivity index (χ0) is 10.8. The van der Waals surface area contributed by atoms with Crippen LogP contribution in [0.25, 0.3) is 0 Å². The third-order valence-electron chi connectivity index (χ3n) is 1.59. The van der Waals surface area contributed by atoms with Crippen LogP contribution in [-0.2, 0) is 12.7 Å². The third-order valence-corrected chi connectivity index (χ3v) is 1.59. The van der Waals surface area contributed by atoms with Crippen LogP contribution in [0.5, 0.6) is 0 Å². The summed E-state index contributed by atoms with van der Waals surface area (Å²) in [4.78, 5) is 3.12. The van der Waals surface area contributed by atoms with Crippen LogP contribution >= 0.6 is 0 Å². The number of nitrogens with zero attached hydrogens (tertiary/aromatic N) is 2. The van der Waals surface area contributed by atoms with Gasteiger partial charge in [-0.3, -0.25) is 0 Å². The molecule has 1 rings (SSSR count). The Kier molecular flexibility index (Phi) is 3.12. The number of hydrogen-bond donors (Lipinski definition) is 2. The summed E-state index contributed by atoms with van der Waals surface area (Å²) in [5.41, 5.74) is 0. The molecule has 0 saturated heterocycles. The summed E-state index contributed by atoms with van der Waals surface area (Å²) >= 11 is 0. The highest BCUT2D eigenvalue weighted by atomic mass is 19.4. The van der Waals surface area contributed by atoms with Crippen LogP contribution in [0.2, 0.25) is 0 Å². The Morgan fingerprint density at radius 3 is 2.64 bits per heavy atom. The maximum Gasteiger partial charge on any atom is 0.449 e. The number of aliphatic hydroxyl groups is 2. The van der Waals surface area contributed by atoms with E-state index in [9.17, 15) is 13.2 Å². The predicted octanol–water partition coefficient (Wildman–Crippen LogP) is 0.255. The molecule has 4 nitrogen and oxygen atoms in total. The van der Waals surface area contributed by atoms with Gasteiger partial charge in [0.1, 0.15) is 0 Å². The summed E-state index contributed by atoms with van der Waals surface area (Å²) in [6.07, 6.45) is -3.67. The van der Waals surface area contributed by atoms with Crippen molar-refractivity contribution in [1.29, 1.82) is 0 Å². The van der Waals surface area contributed by atoms with E-state index in [2.05, 4.69) is 4.98 Å². The van der Waals surface area contributed by atoms with Crippen LogP contribution in [0.1, 0.15) is 5.82 Å². The van der Waals surface area contributed by atoms with Gasteiger partial charge in [0.25, 0.3) is 0 Å². The lowest BCUT2D eigenvalue weighted by Crippen LogP contribution is -2.23. The first kappa shape index (κ1) is 11.0. The van der Waals surface area contributed by atoms with Crippen molar-refractivity contribution in [2.45, 2.75) is 18.8 Å². The molecule has 0 aliphatic heterocycles. The van der Waals surface area contributed by atoms with Gasteiger partial charge in [-0.15, -0.1) is 0 Å². The van der Waals surface area contributed by atoms with E-state index in [-0.39, 0.29) is 6.54 Å². The summed E-state index contributed by atoms with van der Waals surface area (Å²) in [5.74, 6) is -1.08. The third kappa shape index (κ3) is 2.46. The van der Waals surface area contributed by atoms with Crippen molar-refractivity contribution in [3.63, 3.8) is 0 Å². The van der Waals surface area contributed by atoms with Crippen molar-refractivity contribution in [2.75, 3.05) is 6.61 Å². The second kappa shape index (κ2) is 3.97. The first-order chi connectivity index (χ1) is 6.45. The van der Waals surface area contributed by atoms with Crippen LogP contribution in [0.3, 0.4) is 0 Å². The van der Waals surface area contributed by atoms with E-state index in [0.29, 0.717) is 0 Å². The van der Waals surface area contributed by atoms with Gasteiger partial charge in [-0.05, 0) is 0 Å². The average molecular weight is 210 g/mol. The molecule has 0 amide bonds. The molecular weight excluding hydrogens is 201 g/mol. The summed E-state index contributed by atoms with van der Waals surface area (Å²) in [6, 6.07) is 0. The largest absolute Gasteiger partial charge is 0.449 e. The molecule has 0 spiro atoms. The molecule has 1 aromatic heterocycles. The number of alkyl halides is 3. The molecule has 0 aromatic carbocycles. The van der Waals surface area contributed by atoms with Crippen molar-refractivity contribution < 1.29 is 23.4 Å². The zero-order valence-corrected chi connectivity index (χ0v) is 7.07. The van der Waals surface area contributed by atoms with Crippen molar-refractivity contribution in [2.24, 2.45) is 0 Å². The molecule has 80 valence electrons. The van der Waals surface area contributed by atoms with E-state index >= 15 is 0 Å². The Bertz CT molecular complexity index is 297. The number of halogens is 3. The van der Waals surface area contributed by atoms with Crippen LogP contribution in [0, 0.1) is 0 Å². The van der Waals surface area contributed by atoms with E-state index in [1.807, 2.05) is 0 Å². The molecule has 1 atom stereocenters. The van der Waals surface area contributed by atoms with Gasteiger partial charge in [-0.1, -0.05) is 0 Å². The van der Waals surface area contributed by atoms with Gasteiger partial charge >= 0.3 is 6.18 Å². The predicted molar refractivity (Wildman–Crippen MR) is 40.3 cm³/mol. The highest BCUT2D eigenvalue weighted by Gasteiger charge is 2.36. The van der Waals surface area contributed by atoms with E-state index in [1.165, 1.54) is 0 Å².